The molecular weight excluding hydrogens is 404 g/mol. The van der Waals surface area contributed by atoms with Crippen LogP contribution in [-0.2, 0) is 16.6 Å². The van der Waals surface area contributed by atoms with Crippen LogP contribution in [0.15, 0.2) is 58.5 Å². The van der Waals surface area contributed by atoms with E-state index < -0.39 is 20.7 Å². The van der Waals surface area contributed by atoms with Gasteiger partial charge in [0.2, 0.25) is 0 Å². The first-order valence-corrected chi connectivity index (χ1v) is 10.0. The van der Waals surface area contributed by atoms with Crippen LogP contribution in [0.25, 0.3) is 0 Å². The van der Waals surface area contributed by atoms with E-state index in [1.54, 1.807) is 24.3 Å². The molecule has 0 unspecified atom stereocenters. The van der Waals surface area contributed by atoms with Gasteiger partial charge < -0.3 is 4.74 Å². The van der Waals surface area contributed by atoms with Crippen molar-refractivity contribution in [2.45, 2.75) is 18.6 Å². The van der Waals surface area contributed by atoms with Gasteiger partial charge in [-0.15, -0.1) is 10.2 Å². The van der Waals surface area contributed by atoms with Crippen molar-refractivity contribution in [3.8, 4) is 5.75 Å². The lowest BCUT2D eigenvalue weighted by molar-refractivity contribution is 0.415. The molecule has 10 heteroatoms. The monoisotopic (exact) mass is 420 g/mol. The first-order chi connectivity index (χ1) is 13.3. The Morgan fingerprint density at radius 1 is 1.14 bits per heavy atom. The molecule has 0 aliphatic rings. The van der Waals surface area contributed by atoms with Crippen LogP contribution in [0.1, 0.15) is 11.3 Å². The average molecular weight is 421 g/mol. The van der Waals surface area contributed by atoms with Crippen LogP contribution in [-0.4, -0.2) is 30.3 Å². The fourth-order valence-corrected chi connectivity index (χ4v) is 3.90. The third-order valence-corrected chi connectivity index (χ3v) is 5.48. The van der Waals surface area contributed by atoms with Crippen LogP contribution in [0.3, 0.4) is 0 Å². The van der Waals surface area contributed by atoms with E-state index in [9.17, 15) is 13.2 Å². The molecule has 0 aliphatic carbocycles. The molecule has 28 heavy (non-hydrogen) atoms. The number of sulfonamides is 1. The Labute approximate surface area is 166 Å². The lowest BCUT2D eigenvalue weighted by atomic mass is 10.2. The second kappa shape index (κ2) is 7.99. The van der Waals surface area contributed by atoms with Gasteiger partial charge in [0.1, 0.15) is 11.4 Å². The summed E-state index contributed by atoms with van der Waals surface area (Å²) in [7, 11) is -2.75. The number of hydrogen-bond acceptors (Lipinski definition) is 6. The Bertz CT molecular complexity index is 1160. The van der Waals surface area contributed by atoms with Gasteiger partial charge in [0.05, 0.1) is 24.4 Å². The van der Waals surface area contributed by atoms with Crippen molar-refractivity contribution in [2.75, 3.05) is 11.8 Å². The summed E-state index contributed by atoms with van der Waals surface area (Å²) in [4.78, 5) is 12.6. The summed E-state index contributed by atoms with van der Waals surface area (Å²) in [6.07, 6.45) is 0. The first kappa shape index (κ1) is 19.8. The normalized spacial score (nSPS) is 11.2. The molecule has 3 aromatic rings. The molecule has 1 aromatic heterocycles. The second-order valence-corrected chi connectivity index (χ2v) is 7.88. The molecule has 1 heterocycles. The van der Waals surface area contributed by atoms with Crippen LogP contribution in [0, 0.1) is 6.92 Å². The third kappa shape index (κ3) is 4.15. The summed E-state index contributed by atoms with van der Waals surface area (Å²) in [6, 6.07) is 13.4. The Kier molecular flexibility index (Phi) is 5.66. The highest BCUT2D eigenvalue weighted by atomic mass is 35.5. The minimum Gasteiger partial charge on any atom is -0.495 e. The van der Waals surface area contributed by atoms with E-state index in [4.69, 9.17) is 16.3 Å². The summed E-state index contributed by atoms with van der Waals surface area (Å²) < 4.78 is 34.3. The van der Waals surface area contributed by atoms with E-state index in [0.717, 1.165) is 10.1 Å². The molecule has 3 rings (SSSR count). The number of nitrogens with zero attached hydrogens (tertiary/aromatic N) is 3. The highest BCUT2D eigenvalue weighted by Crippen LogP contribution is 2.28. The van der Waals surface area contributed by atoms with Gasteiger partial charge in [-0.25, -0.2) is 0 Å². The van der Waals surface area contributed by atoms with Crippen molar-refractivity contribution >= 4 is 27.3 Å². The van der Waals surface area contributed by atoms with Crippen LogP contribution >= 0.6 is 11.6 Å². The smallest absolute Gasteiger partial charge is 0.297 e. The number of anilines is 1. The van der Waals surface area contributed by atoms with Crippen molar-refractivity contribution < 1.29 is 13.2 Å². The summed E-state index contributed by atoms with van der Waals surface area (Å²) in [5.74, 6) is 0.403. The number of ether oxygens (including phenoxy) is 1. The van der Waals surface area contributed by atoms with Gasteiger partial charge in [-0.1, -0.05) is 41.9 Å². The maximum atomic E-state index is 12.9. The van der Waals surface area contributed by atoms with Crippen LogP contribution in [0.4, 0.5) is 5.69 Å². The van der Waals surface area contributed by atoms with Gasteiger partial charge in [-0.2, -0.15) is 8.42 Å². The zero-order chi connectivity index (χ0) is 20.3. The molecule has 0 saturated carbocycles. The van der Waals surface area contributed by atoms with Gasteiger partial charge in [0.15, 0.2) is 0 Å². The minimum absolute atomic E-state index is 0.0373. The molecule has 0 amide bonds. The summed E-state index contributed by atoms with van der Waals surface area (Å²) in [6.45, 7) is 1.51. The Morgan fingerprint density at radius 3 is 2.50 bits per heavy atom. The number of hydrogen-bond donors (Lipinski definition) is 1. The van der Waals surface area contributed by atoms with Crippen molar-refractivity contribution in [1.29, 1.82) is 0 Å². The summed E-state index contributed by atoms with van der Waals surface area (Å²) >= 11 is 6.05. The quantitative estimate of drug-likeness (QED) is 0.657. The minimum atomic E-state index is -4.20. The molecule has 0 atom stereocenters. The van der Waals surface area contributed by atoms with E-state index in [2.05, 4.69) is 14.9 Å². The SMILES string of the molecule is COc1ccc(NS(=O)(=O)c2nnc(C)c(=O)n2Cc2ccccc2)cc1Cl. The summed E-state index contributed by atoms with van der Waals surface area (Å²) in [5, 5.41) is 7.20. The Balaban J connectivity index is 2.03. The zero-order valence-corrected chi connectivity index (χ0v) is 16.7. The zero-order valence-electron chi connectivity index (χ0n) is 15.1. The van der Waals surface area contributed by atoms with E-state index in [1.807, 2.05) is 6.07 Å². The van der Waals surface area contributed by atoms with Crippen LogP contribution in [0.5, 0.6) is 5.75 Å². The number of methoxy groups -OCH3 is 1. The van der Waals surface area contributed by atoms with Crippen molar-refractivity contribution in [2.24, 2.45) is 0 Å². The molecule has 0 fully saturated rings. The second-order valence-electron chi connectivity index (χ2n) is 5.90. The van der Waals surface area contributed by atoms with Gasteiger partial charge in [-0.05, 0) is 30.7 Å². The maximum absolute atomic E-state index is 12.9. The molecule has 0 bridgehead atoms. The predicted molar refractivity (Wildman–Crippen MR) is 105 cm³/mol. The average Bonchev–Trinajstić information content (AvgIpc) is 2.66. The third-order valence-electron chi connectivity index (χ3n) is 3.90. The fourth-order valence-electron chi connectivity index (χ4n) is 2.53. The van der Waals surface area contributed by atoms with E-state index in [0.29, 0.717) is 5.75 Å². The van der Waals surface area contributed by atoms with Crippen molar-refractivity contribution in [3.63, 3.8) is 0 Å². The molecule has 0 aliphatic heterocycles. The highest BCUT2D eigenvalue weighted by molar-refractivity contribution is 7.92. The largest absolute Gasteiger partial charge is 0.495 e. The number of nitrogens with one attached hydrogen (secondary N) is 1. The first-order valence-electron chi connectivity index (χ1n) is 8.16. The molecule has 0 radical (unpaired) electrons. The highest BCUT2D eigenvalue weighted by Gasteiger charge is 2.24. The molecule has 0 spiro atoms. The van der Waals surface area contributed by atoms with Crippen molar-refractivity contribution in [3.05, 3.63) is 75.2 Å². The lowest BCUT2D eigenvalue weighted by Gasteiger charge is -2.14. The Hall–Kier alpha value is -2.91. The standard InChI is InChI=1S/C18H17ClN4O4S/c1-12-17(24)23(11-13-6-4-3-5-7-13)18(21-20-12)28(25,26)22-14-8-9-16(27-2)15(19)10-14/h3-10,22H,11H2,1-2H3. The number of aryl methyl sites for hydroxylation is 1. The lowest BCUT2D eigenvalue weighted by Crippen LogP contribution is -2.32. The number of benzene rings is 2. The number of halogens is 1. The topological polar surface area (TPSA) is 103 Å². The van der Waals surface area contributed by atoms with Gasteiger partial charge in [0, 0.05) is 0 Å². The van der Waals surface area contributed by atoms with Crippen molar-refractivity contribution in [1.82, 2.24) is 14.8 Å². The van der Waals surface area contributed by atoms with E-state index >= 15 is 0 Å². The fraction of sp³-hybridized carbons (Fsp3) is 0.167. The molecule has 2 aromatic carbocycles. The number of rotatable bonds is 6. The molecule has 8 nitrogen and oxygen atoms in total. The van der Waals surface area contributed by atoms with Gasteiger partial charge in [-0.3, -0.25) is 14.1 Å². The Morgan fingerprint density at radius 2 is 1.86 bits per heavy atom. The molecule has 146 valence electrons. The molecule has 0 saturated heterocycles. The van der Waals surface area contributed by atoms with Crippen LogP contribution < -0.4 is 15.0 Å². The number of aromatic nitrogens is 3. The molecular formula is C18H17ClN4O4S. The van der Waals surface area contributed by atoms with E-state index in [-0.39, 0.29) is 22.9 Å². The summed E-state index contributed by atoms with van der Waals surface area (Å²) in [5.41, 5.74) is 0.516. The van der Waals surface area contributed by atoms with E-state index in [1.165, 1.54) is 32.2 Å². The maximum Gasteiger partial charge on any atom is 0.297 e. The van der Waals surface area contributed by atoms with Crippen LogP contribution in [0.2, 0.25) is 5.02 Å². The van der Waals surface area contributed by atoms with Gasteiger partial charge >= 0.3 is 0 Å². The van der Waals surface area contributed by atoms with Gasteiger partial charge in [0.25, 0.3) is 20.7 Å². The molecule has 1 N–H and O–H groups in total. The predicted octanol–water partition coefficient (Wildman–Crippen LogP) is 2.46.